The van der Waals surface area contributed by atoms with Crippen LogP contribution in [0.5, 0.6) is 11.5 Å². The second kappa shape index (κ2) is 11.8. The van der Waals surface area contributed by atoms with Crippen LogP contribution in [0.4, 0.5) is 14.9 Å². The third-order valence-corrected chi connectivity index (χ3v) is 7.14. The molecule has 0 saturated heterocycles. The molecule has 12 heteroatoms. The van der Waals surface area contributed by atoms with Crippen LogP contribution in [0.1, 0.15) is 29.3 Å². The minimum Gasteiger partial charge on any atom is -0.455 e. The quantitative estimate of drug-likeness (QED) is 0.200. The van der Waals surface area contributed by atoms with Gasteiger partial charge in [-0.15, -0.1) is 0 Å². The minimum atomic E-state index is -3.77. The van der Waals surface area contributed by atoms with Crippen LogP contribution >= 0.6 is 0 Å². The van der Waals surface area contributed by atoms with Gasteiger partial charge in [-0.2, -0.15) is 0 Å². The number of hydrogen-bond donors (Lipinski definition) is 2. The first kappa shape index (κ1) is 28.6. The van der Waals surface area contributed by atoms with Crippen LogP contribution in [0, 0.1) is 5.82 Å². The number of carbonyl (C=O) groups excluding carboxylic acids is 2. The predicted molar refractivity (Wildman–Crippen MR) is 146 cm³/mol. The van der Waals surface area contributed by atoms with Gasteiger partial charge in [-0.1, -0.05) is 25.5 Å². The predicted octanol–water partition coefficient (Wildman–Crippen LogP) is 4.98. The lowest BCUT2D eigenvalue weighted by Gasteiger charge is -2.24. The van der Waals surface area contributed by atoms with E-state index >= 15 is 0 Å². The van der Waals surface area contributed by atoms with Gasteiger partial charge in [0.25, 0.3) is 0 Å². The van der Waals surface area contributed by atoms with Gasteiger partial charge in [-0.25, -0.2) is 22.4 Å². The van der Waals surface area contributed by atoms with Gasteiger partial charge < -0.3 is 24.7 Å². The van der Waals surface area contributed by atoms with E-state index in [1.165, 1.54) is 24.3 Å². The number of furan rings is 1. The van der Waals surface area contributed by atoms with Gasteiger partial charge in [-0.05, 0) is 54.4 Å². The van der Waals surface area contributed by atoms with Crippen LogP contribution in [0.2, 0.25) is 0 Å². The number of para-hydroxylation sites is 1. The number of primary amides is 1. The van der Waals surface area contributed by atoms with Crippen molar-refractivity contribution in [3.63, 3.8) is 0 Å². The smallest absolute Gasteiger partial charge is 0.412 e. The number of nitrogens with zero attached hydrogens (tertiary/aromatic N) is 1. The van der Waals surface area contributed by atoms with E-state index in [2.05, 4.69) is 4.74 Å². The fourth-order valence-corrected chi connectivity index (χ4v) is 5.25. The average molecular weight is 571 g/mol. The van der Waals surface area contributed by atoms with E-state index < -0.39 is 34.5 Å². The number of amides is 1. The number of fused-ring (bicyclic) bond motifs is 1. The zero-order chi connectivity index (χ0) is 29.0. The number of carbonyl (C=O) groups is 2. The van der Waals surface area contributed by atoms with Crippen LogP contribution in [-0.4, -0.2) is 45.0 Å². The van der Waals surface area contributed by atoms with Crippen LogP contribution in [0.3, 0.4) is 0 Å². The van der Waals surface area contributed by atoms with Gasteiger partial charge in [0.2, 0.25) is 10.0 Å². The maximum Gasteiger partial charge on any atom is 0.412 e. The SMILES string of the molecule is CCCc1cc2c(C(=O)OC(N)=O)c(-c3ccc(Oc4ccccc4F)cc3)oc2cc1N(CCO)S(C)(=O)=O. The molecule has 0 bridgehead atoms. The largest absolute Gasteiger partial charge is 0.455 e. The Hall–Kier alpha value is -4.42. The number of hydrogen-bond acceptors (Lipinski definition) is 8. The highest BCUT2D eigenvalue weighted by atomic mass is 32.2. The van der Waals surface area contributed by atoms with Crippen molar-refractivity contribution in [1.29, 1.82) is 0 Å². The zero-order valence-electron chi connectivity index (χ0n) is 21.7. The van der Waals surface area contributed by atoms with Crippen molar-refractivity contribution in [1.82, 2.24) is 0 Å². The number of nitrogens with two attached hydrogens (primary N) is 1. The summed E-state index contributed by atoms with van der Waals surface area (Å²) in [5, 5.41) is 9.79. The minimum absolute atomic E-state index is 0.0269. The topological polar surface area (TPSA) is 149 Å². The molecule has 0 fully saturated rings. The molecular formula is C28H27FN2O8S. The summed E-state index contributed by atoms with van der Waals surface area (Å²) in [6, 6.07) is 15.2. The molecule has 1 amide bonds. The molecule has 1 aromatic heterocycles. The Morgan fingerprint density at radius 1 is 1.10 bits per heavy atom. The molecule has 0 atom stereocenters. The highest BCUT2D eigenvalue weighted by Crippen LogP contribution is 2.39. The van der Waals surface area contributed by atoms with Crippen molar-refractivity contribution in [2.24, 2.45) is 5.73 Å². The molecule has 210 valence electrons. The third kappa shape index (κ3) is 6.08. The molecule has 4 rings (SSSR count). The molecule has 0 spiro atoms. The molecule has 0 aliphatic rings. The number of benzene rings is 3. The highest BCUT2D eigenvalue weighted by molar-refractivity contribution is 7.92. The van der Waals surface area contributed by atoms with E-state index in [0.29, 0.717) is 29.7 Å². The van der Waals surface area contributed by atoms with Crippen molar-refractivity contribution in [3.05, 3.63) is 77.6 Å². The Kier molecular flexibility index (Phi) is 8.40. The molecule has 0 aliphatic carbocycles. The standard InChI is InChI=1S/C28H27FN2O8S/c1-3-6-18-15-20-24(16-22(18)31(13-14-32)40(2,35)36)38-26(25(20)27(33)39-28(30)34)17-9-11-19(12-10-17)37-23-8-5-4-7-21(23)29/h4-5,7-12,15-16,32H,3,6,13-14H2,1-2H3,(H2,30,34). The second-order valence-corrected chi connectivity index (χ2v) is 10.8. The molecule has 3 aromatic carbocycles. The maximum absolute atomic E-state index is 14.0. The van der Waals surface area contributed by atoms with Crippen molar-refractivity contribution in [2.45, 2.75) is 19.8 Å². The summed E-state index contributed by atoms with van der Waals surface area (Å²) in [4.78, 5) is 24.5. The summed E-state index contributed by atoms with van der Waals surface area (Å²) in [5.41, 5.74) is 6.40. The van der Waals surface area contributed by atoms with E-state index in [9.17, 15) is 27.5 Å². The molecule has 0 saturated carbocycles. The Morgan fingerprint density at radius 3 is 2.40 bits per heavy atom. The lowest BCUT2D eigenvalue weighted by atomic mass is 10.0. The van der Waals surface area contributed by atoms with Gasteiger partial charge in [-0.3, -0.25) is 4.31 Å². The molecule has 0 radical (unpaired) electrons. The molecule has 40 heavy (non-hydrogen) atoms. The summed E-state index contributed by atoms with van der Waals surface area (Å²) in [6.45, 7) is 1.30. The lowest BCUT2D eigenvalue weighted by molar-refractivity contribution is 0.0640. The summed E-state index contributed by atoms with van der Waals surface area (Å²) in [7, 11) is -3.77. The molecule has 10 nitrogen and oxygen atoms in total. The van der Waals surface area contributed by atoms with Crippen molar-refractivity contribution in [2.75, 3.05) is 23.7 Å². The molecule has 0 aliphatic heterocycles. The lowest BCUT2D eigenvalue weighted by Crippen LogP contribution is -2.33. The number of aliphatic hydroxyl groups excluding tert-OH is 1. The number of rotatable bonds is 10. The highest BCUT2D eigenvalue weighted by Gasteiger charge is 2.28. The fraction of sp³-hybridized carbons (Fsp3) is 0.214. The molecule has 3 N–H and O–H groups in total. The third-order valence-electron chi connectivity index (χ3n) is 5.96. The number of ether oxygens (including phenoxy) is 2. The number of esters is 1. The van der Waals surface area contributed by atoms with Crippen LogP contribution in [-0.2, 0) is 21.2 Å². The Bertz CT molecular complexity index is 1670. The summed E-state index contributed by atoms with van der Waals surface area (Å²) >= 11 is 0. The van der Waals surface area contributed by atoms with Crippen molar-refractivity contribution >= 4 is 38.7 Å². The average Bonchev–Trinajstić information content (AvgIpc) is 3.26. The monoisotopic (exact) mass is 570 g/mol. The van der Waals surface area contributed by atoms with Gasteiger partial charge in [0, 0.05) is 17.0 Å². The molecule has 0 unspecified atom stereocenters. The molecular weight excluding hydrogens is 543 g/mol. The van der Waals surface area contributed by atoms with Crippen LogP contribution in [0.15, 0.2) is 65.1 Å². The summed E-state index contributed by atoms with van der Waals surface area (Å²) in [6.07, 6.45) is 0.798. The zero-order valence-corrected chi connectivity index (χ0v) is 22.5. The summed E-state index contributed by atoms with van der Waals surface area (Å²) < 4.78 is 56.5. The first-order chi connectivity index (χ1) is 19.0. The van der Waals surface area contributed by atoms with Gasteiger partial charge in [0.05, 0.1) is 25.1 Å². The molecule has 4 aromatic rings. The van der Waals surface area contributed by atoms with E-state index in [0.717, 1.165) is 10.6 Å². The first-order valence-electron chi connectivity index (χ1n) is 12.3. The van der Waals surface area contributed by atoms with E-state index in [-0.39, 0.29) is 40.3 Å². The van der Waals surface area contributed by atoms with E-state index in [1.54, 1.807) is 36.4 Å². The number of aliphatic hydroxyl groups is 1. The van der Waals surface area contributed by atoms with Gasteiger partial charge >= 0.3 is 12.1 Å². The fourth-order valence-electron chi connectivity index (χ4n) is 4.31. The summed E-state index contributed by atoms with van der Waals surface area (Å²) in [5.74, 6) is -1.22. The first-order valence-corrected chi connectivity index (χ1v) is 14.1. The Balaban J connectivity index is 1.87. The van der Waals surface area contributed by atoms with Crippen LogP contribution in [0.25, 0.3) is 22.3 Å². The number of anilines is 1. The number of sulfonamides is 1. The van der Waals surface area contributed by atoms with Crippen LogP contribution < -0.4 is 14.8 Å². The van der Waals surface area contributed by atoms with Gasteiger partial charge in [0.1, 0.15) is 22.7 Å². The van der Waals surface area contributed by atoms with E-state index in [1.807, 2.05) is 6.92 Å². The number of halogens is 1. The Morgan fingerprint density at radius 2 is 1.80 bits per heavy atom. The second-order valence-electron chi connectivity index (χ2n) is 8.86. The Labute approximate surface area is 229 Å². The van der Waals surface area contributed by atoms with Gasteiger partial charge in [0.15, 0.2) is 11.6 Å². The van der Waals surface area contributed by atoms with Crippen molar-refractivity contribution < 1.29 is 41.4 Å². The maximum atomic E-state index is 14.0. The number of aryl methyl sites for hydroxylation is 1. The normalized spacial score (nSPS) is 11.4. The van der Waals surface area contributed by atoms with E-state index in [4.69, 9.17) is 14.9 Å². The molecule has 1 heterocycles. The van der Waals surface area contributed by atoms with Crippen molar-refractivity contribution in [3.8, 4) is 22.8 Å².